The molecular weight excluding hydrogens is 432 g/mol. The Balaban J connectivity index is 1.40. The molecule has 2 aliphatic rings. The van der Waals surface area contributed by atoms with Crippen molar-refractivity contribution < 1.29 is 24.2 Å². The van der Waals surface area contributed by atoms with Gasteiger partial charge >= 0.3 is 12.1 Å². The number of carboxylic acids is 1. The summed E-state index contributed by atoms with van der Waals surface area (Å²) in [5, 5.41) is 11.7. The quantitative estimate of drug-likeness (QED) is 0.615. The van der Waals surface area contributed by atoms with E-state index in [0.29, 0.717) is 19.5 Å². The van der Waals surface area contributed by atoms with Crippen molar-refractivity contribution in [2.45, 2.75) is 38.1 Å². The number of fused-ring (bicyclic) bond motifs is 3. The lowest BCUT2D eigenvalue weighted by Gasteiger charge is -2.23. The number of amides is 2. The van der Waals surface area contributed by atoms with Crippen molar-refractivity contribution >= 4 is 18.0 Å². The summed E-state index contributed by atoms with van der Waals surface area (Å²) >= 11 is 0. The Bertz CT molecular complexity index is 1100. The largest absolute Gasteiger partial charge is 0.481 e. The van der Waals surface area contributed by atoms with E-state index in [0.717, 1.165) is 22.3 Å². The Kier molecular flexibility index (Phi) is 7.17. The Labute approximate surface area is 199 Å². The molecule has 2 aromatic carbocycles. The van der Waals surface area contributed by atoms with Gasteiger partial charge in [-0.2, -0.15) is 0 Å². The number of hydrogen-bond acceptors (Lipinski definition) is 4. The van der Waals surface area contributed by atoms with Gasteiger partial charge in [0.2, 0.25) is 5.91 Å². The van der Waals surface area contributed by atoms with Gasteiger partial charge in [-0.25, -0.2) is 4.79 Å². The molecule has 1 fully saturated rings. The number of alkyl carbamates (subject to hydrolysis) is 1. The summed E-state index contributed by atoms with van der Waals surface area (Å²) in [7, 11) is 0. The molecule has 34 heavy (non-hydrogen) atoms. The van der Waals surface area contributed by atoms with E-state index >= 15 is 0 Å². The highest BCUT2D eigenvalue weighted by Crippen LogP contribution is 2.44. The zero-order valence-corrected chi connectivity index (χ0v) is 19.1. The van der Waals surface area contributed by atoms with Crippen molar-refractivity contribution in [3.63, 3.8) is 0 Å². The molecule has 1 heterocycles. The zero-order chi connectivity index (χ0) is 24.1. The second-order valence-electron chi connectivity index (χ2n) is 8.69. The minimum absolute atomic E-state index is 0.0308. The molecule has 2 N–H and O–H groups in total. The van der Waals surface area contributed by atoms with Crippen molar-refractivity contribution in [1.82, 2.24) is 10.2 Å². The fraction of sp³-hybridized carbons (Fsp3) is 0.370. The fourth-order valence-electron chi connectivity index (χ4n) is 4.85. The van der Waals surface area contributed by atoms with Crippen LogP contribution in [0.1, 0.15) is 43.2 Å². The van der Waals surface area contributed by atoms with E-state index in [1.165, 1.54) is 0 Å². The van der Waals surface area contributed by atoms with Gasteiger partial charge in [0.25, 0.3) is 0 Å². The molecular formula is C27H28N2O5. The number of carbonyl (C=O) groups excluding carboxylic acids is 2. The van der Waals surface area contributed by atoms with E-state index in [9.17, 15) is 14.4 Å². The smallest absolute Gasteiger partial charge is 0.407 e. The number of ether oxygens (including phenoxy) is 1. The number of carbonyl (C=O) groups is 3. The maximum Gasteiger partial charge on any atom is 0.407 e. The highest BCUT2D eigenvalue weighted by atomic mass is 16.5. The molecule has 1 aliphatic heterocycles. The van der Waals surface area contributed by atoms with Crippen LogP contribution < -0.4 is 5.32 Å². The van der Waals surface area contributed by atoms with Crippen LogP contribution in [0.4, 0.5) is 4.79 Å². The van der Waals surface area contributed by atoms with Crippen LogP contribution in [-0.2, 0) is 14.3 Å². The molecule has 1 aliphatic carbocycles. The maximum absolute atomic E-state index is 13.0. The average Bonchev–Trinajstić information content (AvgIpc) is 3.42. The number of aliphatic carboxylic acids is 1. The van der Waals surface area contributed by atoms with Crippen LogP contribution in [0, 0.1) is 17.8 Å². The first-order valence-corrected chi connectivity index (χ1v) is 11.5. The molecule has 2 amide bonds. The molecule has 0 spiro atoms. The van der Waals surface area contributed by atoms with Crippen molar-refractivity contribution in [2.75, 3.05) is 19.7 Å². The molecule has 176 valence electrons. The summed E-state index contributed by atoms with van der Waals surface area (Å²) in [6.45, 7) is 2.67. The van der Waals surface area contributed by atoms with Crippen LogP contribution in [0.25, 0.3) is 11.1 Å². The van der Waals surface area contributed by atoms with Crippen LogP contribution in [0.5, 0.6) is 0 Å². The van der Waals surface area contributed by atoms with E-state index in [-0.39, 0.29) is 37.2 Å². The number of likely N-dealkylation sites (tertiary alicyclic amines) is 1. The summed E-state index contributed by atoms with van der Waals surface area (Å²) in [6, 6.07) is 15.3. The third kappa shape index (κ3) is 5.07. The van der Waals surface area contributed by atoms with Gasteiger partial charge in [0.05, 0.1) is 0 Å². The predicted molar refractivity (Wildman–Crippen MR) is 127 cm³/mol. The Morgan fingerprint density at radius 2 is 1.76 bits per heavy atom. The van der Waals surface area contributed by atoms with Gasteiger partial charge in [-0.15, -0.1) is 11.8 Å². The molecule has 7 nitrogen and oxygen atoms in total. The van der Waals surface area contributed by atoms with Crippen molar-refractivity contribution in [3.8, 4) is 23.0 Å². The minimum Gasteiger partial charge on any atom is -0.481 e. The van der Waals surface area contributed by atoms with Crippen molar-refractivity contribution in [3.05, 3.63) is 59.7 Å². The van der Waals surface area contributed by atoms with Gasteiger partial charge in [0, 0.05) is 31.8 Å². The topological polar surface area (TPSA) is 95.9 Å². The summed E-state index contributed by atoms with van der Waals surface area (Å²) < 4.78 is 5.59. The first-order valence-electron chi connectivity index (χ1n) is 11.5. The lowest BCUT2D eigenvalue weighted by molar-refractivity contribution is -0.138. The second kappa shape index (κ2) is 10.4. The highest BCUT2D eigenvalue weighted by Gasteiger charge is 2.33. The summed E-state index contributed by atoms with van der Waals surface area (Å²) in [6.07, 6.45) is 0.164. The second-order valence-corrected chi connectivity index (χ2v) is 8.69. The standard InChI is InChI=1S/C27H28N2O5/c1-2-3-12-24(26(32)29-14-13-18(16-29)15-25(30)31)28-27(33)34-17-23-21-10-6-4-8-19(21)20-9-5-7-11-22(20)23/h4-11,18,23-24H,12-17H2,1H3,(H,28,33)(H,30,31). The fourth-order valence-corrected chi connectivity index (χ4v) is 4.85. The molecule has 2 unspecified atom stereocenters. The SMILES string of the molecule is CC#CCC(NC(=O)OCC1c2ccccc2-c2ccccc21)C(=O)N1CCC(CC(=O)O)C1. The molecule has 0 aromatic heterocycles. The van der Waals surface area contributed by atoms with Crippen molar-refractivity contribution in [1.29, 1.82) is 0 Å². The maximum atomic E-state index is 13.0. The van der Waals surface area contributed by atoms with E-state index < -0.39 is 18.1 Å². The van der Waals surface area contributed by atoms with Gasteiger partial charge in [0.15, 0.2) is 0 Å². The molecule has 2 atom stereocenters. The lowest BCUT2D eigenvalue weighted by atomic mass is 9.98. The van der Waals surface area contributed by atoms with Gasteiger partial charge in [-0.05, 0) is 41.5 Å². The Morgan fingerprint density at radius 3 is 2.38 bits per heavy atom. The number of carboxylic acid groups (broad SMARTS) is 1. The number of hydrogen-bond donors (Lipinski definition) is 2. The third-order valence-electron chi connectivity index (χ3n) is 6.48. The number of benzene rings is 2. The highest BCUT2D eigenvalue weighted by molar-refractivity contribution is 5.86. The van der Waals surface area contributed by atoms with Gasteiger partial charge in [-0.1, -0.05) is 48.5 Å². The normalized spacial score (nSPS) is 17.2. The zero-order valence-electron chi connectivity index (χ0n) is 19.1. The molecule has 4 rings (SSSR count). The Morgan fingerprint density at radius 1 is 1.12 bits per heavy atom. The van der Waals surface area contributed by atoms with Gasteiger partial charge in [0.1, 0.15) is 12.6 Å². The van der Waals surface area contributed by atoms with E-state index in [2.05, 4.69) is 29.3 Å². The monoisotopic (exact) mass is 460 g/mol. The van der Waals surface area contributed by atoms with Crippen molar-refractivity contribution in [2.24, 2.45) is 5.92 Å². The third-order valence-corrected chi connectivity index (χ3v) is 6.48. The van der Waals surface area contributed by atoms with Crippen LogP contribution in [-0.4, -0.2) is 53.7 Å². The average molecular weight is 461 g/mol. The molecule has 0 radical (unpaired) electrons. The van der Waals surface area contributed by atoms with E-state index in [1.807, 2.05) is 36.4 Å². The van der Waals surface area contributed by atoms with Crippen LogP contribution in [0.3, 0.4) is 0 Å². The van der Waals surface area contributed by atoms with Gasteiger partial charge < -0.3 is 20.1 Å². The molecule has 7 heteroatoms. The van der Waals surface area contributed by atoms with Crippen LogP contribution in [0.2, 0.25) is 0 Å². The van der Waals surface area contributed by atoms with E-state index in [1.54, 1.807) is 11.8 Å². The van der Waals surface area contributed by atoms with Crippen LogP contribution in [0.15, 0.2) is 48.5 Å². The summed E-state index contributed by atoms with van der Waals surface area (Å²) in [5.41, 5.74) is 4.51. The molecule has 1 saturated heterocycles. The first kappa shape index (κ1) is 23.4. The number of nitrogens with one attached hydrogen (secondary N) is 1. The van der Waals surface area contributed by atoms with E-state index in [4.69, 9.17) is 9.84 Å². The molecule has 0 saturated carbocycles. The lowest BCUT2D eigenvalue weighted by Crippen LogP contribution is -2.48. The Hall–Kier alpha value is -3.79. The van der Waals surface area contributed by atoms with Crippen LogP contribution >= 0.6 is 0 Å². The predicted octanol–water partition coefficient (Wildman–Crippen LogP) is 3.63. The first-order chi connectivity index (χ1) is 16.5. The summed E-state index contributed by atoms with van der Waals surface area (Å²) in [4.78, 5) is 38.3. The summed E-state index contributed by atoms with van der Waals surface area (Å²) in [5.74, 6) is 4.35. The molecule has 0 bridgehead atoms. The number of nitrogens with zero attached hydrogens (tertiary/aromatic N) is 1. The molecule has 2 aromatic rings. The minimum atomic E-state index is -0.871. The number of rotatable bonds is 7. The van der Waals surface area contributed by atoms with Gasteiger partial charge in [-0.3, -0.25) is 9.59 Å².